The van der Waals surface area contributed by atoms with Crippen LogP contribution in [0.1, 0.15) is 126 Å². The van der Waals surface area contributed by atoms with E-state index in [9.17, 15) is 0 Å². The smallest absolute Gasteiger partial charge is 0.213 e. The molecule has 1 spiro atoms. The van der Waals surface area contributed by atoms with Gasteiger partial charge in [0.1, 0.15) is 18.0 Å². The number of aryl methyl sites for hydroxylation is 1. The minimum atomic E-state index is -0.0363. The first-order valence-corrected chi connectivity index (χ1v) is 20.8. The van der Waals surface area contributed by atoms with Crippen LogP contribution in [0.3, 0.4) is 0 Å². The molecule has 0 N–H and O–H groups in total. The first kappa shape index (κ1) is 30.2. The van der Waals surface area contributed by atoms with Crippen LogP contribution in [0, 0.1) is 12.8 Å². The molecule has 50 heavy (non-hydrogen) atoms. The molecule has 4 heterocycles. The molecular formula is C46H51N3S+2. The Hall–Kier alpha value is -3.50. The number of nitrogens with zero attached hydrogens (tertiary/aromatic N) is 3. The molecule has 5 aromatic rings. The average molecular weight is 678 g/mol. The molecule has 4 heteroatoms. The van der Waals surface area contributed by atoms with E-state index in [-0.39, 0.29) is 11.1 Å². The minimum absolute atomic E-state index is 0.0116. The van der Waals surface area contributed by atoms with E-state index in [4.69, 9.17) is 0 Å². The quantitative estimate of drug-likeness (QED) is 0.173. The lowest BCUT2D eigenvalue weighted by Crippen LogP contribution is -2.73. The highest BCUT2D eigenvalue weighted by Crippen LogP contribution is 2.72. The van der Waals surface area contributed by atoms with Crippen LogP contribution in [0.15, 0.2) is 66.7 Å². The Labute approximate surface area is 301 Å². The summed E-state index contributed by atoms with van der Waals surface area (Å²) in [6.07, 6.45) is 13.7. The van der Waals surface area contributed by atoms with Crippen LogP contribution in [-0.4, -0.2) is 33.1 Å². The van der Waals surface area contributed by atoms with E-state index >= 15 is 0 Å². The van der Waals surface area contributed by atoms with Gasteiger partial charge in [-0.25, -0.2) is 9.48 Å². The molecule has 3 fully saturated rings. The number of pyridine rings is 1. The zero-order valence-corrected chi connectivity index (χ0v) is 31.4. The number of hydrogen-bond donors (Lipinski definition) is 0. The molecule has 0 bridgehead atoms. The molecule has 3 nitrogen and oxygen atoms in total. The van der Waals surface area contributed by atoms with Crippen molar-refractivity contribution in [3.05, 3.63) is 89.0 Å². The Morgan fingerprint density at radius 2 is 1.50 bits per heavy atom. The van der Waals surface area contributed by atoms with Crippen molar-refractivity contribution in [1.29, 1.82) is 0 Å². The molecule has 4 aliphatic carbocycles. The van der Waals surface area contributed by atoms with Crippen LogP contribution < -0.4 is 4.57 Å². The van der Waals surface area contributed by atoms with E-state index in [2.05, 4.69) is 115 Å². The van der Waals surface area contributed by atoms with Gasteiger partial charge in [-0.1, -0.05) is 83.0 Å². The van der Waals surface area contributed by atoms with Gasteiger partial charge in [-0.2, -0.15) is 4.57 Å². The van der Waals surface area contributed by atoms with Crippen molar-refractivity contribution < 1.29 is 9.14 Å². The number of rotatable bonds is 3. The summed E-state index contributed by atoms with van der Waals surface area (Å²) in [4.78, 5) is 4.62. The highest BCUT2D eigenvalue weighted by Gasteiger charge is 2.93. The summed E-state index contributed by atoms with van der Waals surface area (Å²) in [5.74, 6) is 2.67. The molecular weight excluding hydrogens is 627 g/mol. The van der Waals surface area contributed by atoms with Crippen molar-refractivity contribution in [3.8, 4) is 21.7 Å². The van der Waals surface area contributed by atoms with E-state index in [0.717, 1.165) is 0 Å². The topological polar surface area (TPSA) is 10.1 Å². The van der Waals surface area contributed by atoms with Gasteiger partial charge in [0, 0.05) is 38.1 Å². The highest BCUT2D eigenvalue weighted by molar-refractivity contribution is 7.22. The zero-order valence-electron chi connectivity index (χ0n) is 30.6. The predicted octanol–water partition coefficient (Wildman–Crippen LogP) is 11.0. The van der Waals surface area contributed by atoms with Crippen molar-refractivity contribution in [3.63, 3.8) is 0 Å². The number of para-hydroxylation sites is 1. The van der Waals surface area contributed by atoms with Crippen molar-refractivity contribution >= 4 is 38.2 Å². The Bertz CT molecular complexity index is 2290. The summed E-state index contributed by atoms with van der Waals surface area (Å²) in [5.41, 5.74) is 12.0. The average Bonchev–Trinajstić information content (AvgIpc) is 3.60. The van der Waals surface area contributed by atoms with Crippen LogP contribution in [0.4, 0.5) is 0 Å². The first-order valence-electron chi connectivity index (χ1n) is 19.9. The van der Waals surface area contributed by atoms with Gasteiger partial charge in [0.25, 0.3) is 11.9 Å². The van der Waals surface area contributed by atoms with Crippen LogP contribution in [0.5, 0.6) is 0 Å². The highest BCUT2D eigenvalue weighted by atomic mass is 32.1. The van der Waals surface area contributed by atoms with E-state index < -0.39 is 0 Å². The summed E-state index contributed by atoms with van der Waals surface area (Å²) in [6.45, 7) is 12.3. The molecule has 2 aliphatic heterocycles. The minimum Gasteiger partial charge on any atom is -0.213 e. The predicted molar refractivity (Wildman–Crippen MR) is 207 cm³/mol. The standard InChI is InChI=1S/C46H51N3S/c1-27(2)44-48(29-16-8-6-9-17-29)46(49(44)30-18-10-7-11-19-30)41-33-24-25-34-39(42-40(45(34,4)5)32-21-13-15-23-37(32)50-42)38(33)36-26-28(3)31-20-12-14-22-35(31)47(36)43(41)46/h12-15,20-27,29-30,41,43H,6-11,16-19H2,1-5H3/q+2. The van der Waals surface area contributed by atoms with Crippen molar-refractivity contribution in [2.75, 3.05) is 0 Å². The molecule has 0 radical (unpaired) electrons. The largest absolute Gasteiger partial charge is 0.321 e. The lowest BCUT2D eigenvalue weighted by molar-refractivity contribution is -0.746. The third kappa shape index (κ3) is 3.57. The Kier molecular flexibility index (Phi) is 6.22. The molecule has 3 saturated carbocycles. The van der Waals surface area contributed by atoms with Gasteiger partial charge in [-0.05, 0) is 98.1 Å². The first-order chi connectivity index (χ1) is 24.3. The summed E-state index contributed by atoms with van der Waals surface area (Å²) in [5, 5.41) is 2.86. The zero-order chi connectivity index (χ0) is 33.7. The fraction of sp³-hybridized carbons (Fsp3) is 0.478. The number of thiophene rings is 1. The van der Waals surface area contributed by atoms with Gasteiger partial charge < -0.3 is 0 Å². The SMILES string of the molecule is Cc1cc2[n+](c3ccccc13)C1C(c3ccc4c(c3-2)-c2sc3ccccc3c2C4(C)C)C12N(C1CCCCC1)C(C(C)C)=[N+]2C1CCCCC1. The Balaban J connectivity index is 1.24. The lowest BCUT2D eigenvalue weighted by Gasteiger charge is -2.48. The number of aromatic nitrogens is 1. The van der Waals surface area contributed by atoms with Crippen LogP contribution in [0.25, 0.3) is 42.7 Å². The van der Waals surface area contributed by atoms with Crippen LogP contribution in [-0.2, 0) is 5.41 Å². The molecule has 3 atom stereocenters. The van der Waals surface area contributed by atoms with Gasteiger partial charge in [-0.15, -0.1) is 11.3 Å². The van der Waals surface area contributed by atoms with Gasteiger partial charge in [-0.3, -0.25) is 0 Å². The molecule has 11 rings (SSSR count). The second-order valence-electron chi connectivity index (χ2n) is 17.5. The summed E-state index contributed by atoms with van der Waals surface area (Å²) >= 11 is 2.04. The van der Waals surface area contributed by atoms with Crippen molar-refractivity contribution in [2.45, 2.75) is 134 Å². The fourth-order valence-electron chi connectivity index (χ4n) is 12.3. The molecule has 2 aromatic heterocycles. The second kappa shape index (κ2) is 10.3. The summed E-state index contributed by atoms with van der Waals surface area (Å²) in [7, 11) is 0. The number of amidine groups is 1. The van der Waals surface area contributed by atoms with Crippen LogP contribution in [0.2, 0.25) is 0 Å². The molecule has 6 aliphatic rings. The number of hydrogen-bond acceptors (Lipinski definition) is 2. The molecule has 3 aromatic carbocycles. The monoisotopic (exact) mass is 677 g/mol. The molecule has 0 saturated heterocycles. The third-order valence-electron chi connectivity index (χ3n) is 14.2. The van der Waals surface area contributed by atoms with Gasteiger partial charge in [0.2, 0.25) is 11.2 Å². The van der Waals surface area contributed by atoms with E-state index in [1.165, 1.54) is 118 Å². The van der Waals surface area contributed by atoms with E-state index in [1.807, 2.05) is 11.3 Å². The number of benzene rings is 3. The van der Waals surface area contributed by atoms with E-state index in [0.29, 0.717) is 30.0 Å². The summed E-state index contributed by atoms with van der Waals surface area (Å²) in [6, 6.07) is 28.0. The fourth-order valence-corrected chi connectivity index (χ4v) is 13.7. The second-order valence-corrected chi connectivity index (χ2v) is 18.6. The van der Waals surface area contributed by atoms with Gasteiger partial charge in [0.15, 0.2) is 0 Å². The van der Waals surface area contributed by atoms with Crippen molar-refractivity contribution in [2.24, 2.45) is 5.92 Å². The van der Waals surface area contributed by atoms with Crippen LogP contribution >= 0.6 is 11.3 Å². The third-order valence-corrected chi connectivity index (χ3v) is 15.4. The number of fused-ring (bicyclic) bond motifs is 16. The maximum atomic E-state index is 3.10. The molecule has 3 unspecified atom stereocenters. The molecule has 254 valence electrons. The maximum Gasteiger partial charge on any atom is 0.321 e. The normalized spacial score (nSPS) is 26.6. The maximum absolute atomic E-state index is 3.10. The summed E-state index contributed by atoms with van der Waals surface area (Å²) < 4.78 is 7.43. The van der Waals surface area contributed by atoms with E-state index in [1.54, 1.807) is 17.0 Å². The Morgan fingerprint density at radius 3 is 2.26 bits per heavy atom. The molecule has 0 amide bonds. The van der Waals surface area contributed by atoms with Crippen molar-refractivity contribution in [1.82, 2.24) is 4.90 Å². The Morgan fingerprint density at radius 1 is 0.800 bits per heavy atom. The lowest BCUT2D eigenvalue weighted by atomic mass is 9.79. The van der Waals surface area contributed by atoms with Gasteiger partial charge >= 0.3 is 5.66 Å². The van der Waals surface area contributed by atoms with Gasteiger partial charge in [0.05, 0.1) is 11.5 Å².